The molecule has 0 saturated heterocycles. The Hall–Kier alpha value is -0.220. The molecule has 4 heteroatoms. The Morgan fingerprint density at radius 3 is 2.69 bits per heavy atom. The van der Waals surface area contributed by atoms with Crippen LogP contribution in [0.25, 0.3) is 0 Å². The molecule has 1 aliphatic carbocycles. The fourth-order valence-corrected chi connectivity index (χ4v) is 3.08. The highest BCUT2D eigenvalue weighted by Crippen LogP contribution is 2.51. The van der Waals surface area contributed by atoms with Gasteiger partial charge in [-0.25, -0.2) is 0 Å². The second-order valence-electron chi connectivity index (χ2n) is 4.59. The molecule has 0 heterocycles. The Labute approximate surface area is 102 Å². The number of aliphatic hydroxyl groups is 1. The zero-order valence-corrected chi connectivity index (χ0v) is 10.9. The summed E-state index contributed by atoms with van der Waals surface area (Å²) in [5, 5.41) is 8.63. The monoisotopic (exact) mass is 246 g/mol. The molecule has 1 aliphatic rings. The van der Waals surface area contributed by atoms with Gasteiger partial charge in [-0.15, -0.1) is 0 Å². The molecule has 1 N–H and O–H groups in total. The first kappa shape index (κ1) is 13.8. The molecule has 94 valence electrons. The molecular formula is C12H22O3S. The van der Waals surface area contributed by atoms with Crippen LogP contribution in [0.1, 0.15) is 38.5 Å². The number of hydrogen-bond acceptors (Lipinski definition) is 4. The summed E-state index contributed by atoms with van der Waals surface area (Å²) in [5.74, 6) is 2.16. The van der Waals surface area contributed by atoms with Crippen molar-refractivity contribution in [1.29, 1.82) is 0 Å². The van der Waals surface area contributed by atoms with E-state index in [1.807, 2.05) is 11.8 Å². The number of unbranched alkanes of at least 4 members (excludes halogenated alkanes) is 2. The van der Waals surface area contributed by atoms with Gasteiger partial charge in [-0.2, -0.15) is 11.8 Å². The highest BCUT2D eigenvalue weighted by molar-refractivity contribution is 7.99. The fourth-order valence-electron chi connectivity index (χ4n) is 1.71. The zero-order chi connectivity index (χ0) is 11.9. The number of methoxy groups -OCH3 is 1. The maximum absolute atomic E-state index is 11.2. The molecule has 0 aromatic heterocycles. The minimum atomic E-state index is -0.0709. The van der Waals surface area contributed by atoms with Crippen LogP contribution in [0, 0.1) is 5.41 Å². The Balaban J connectivity index is 2.01. The van der Waals surface area contributed by atoms with Crippen LogP contribution in [0.3, 0.4) is 0 Å². The van der Waals surface area contributed by atoms with Gasteiger partial charge in [-0.3, -0.25) is 4.79 Å². The fraction of sp³-hybridized carbons (Fsp3) is 0.917. The number of thioether (sulfide) groups is 1. The number of aliphatic hydroxyl groups excluding tert-OH is 1. The number of ether oxygens (including phenoxy) is 1. The van der Waals surface area contributed by atoms with Crippen LogP contribution in [0.15, 0.2) is 0 Å². The van der Waals surface area contributed by atoms with Crippen LogP contribution in [-0.2, 0) is 9.53 Å². The minimum absolute atomic E-state index is 0.0709. The van der Waals surface area contributed by atoms with Crippen LogP contribution in [-0.4, -0.2) is 36.3 Å². The average molecular weight is 246 g/mol. The van der Waals surface area contributed by atoms with Crippen molar-refractivity contribution in [2.24, 2.45) is 5.41 Å². The lowest BCUT2D eigenvalue weighted by molar-refractivity contribution is -0.141. The van der Waals surface area contributed by atoms with Gasteiger partial charge < -0.3 is 9.84 Å². The summed E-state index contributed by atoms with van der Waals surface area (Å²) in [4.78, 5) is 11.2. The van der Waals surface area contributed by atoms with E-state index in [0.717, 1.165) is 24.3 Å². The molecule has 1 fully saturated rings. The van der Waals surface area contributed by atoms with E-state index in [1.165, 1.54) is 26.4 Å². The lowest BCUT2D eigenvalue weighted by Crippen LogP contribution is -2.13. The van der Waals surface area contributed by atoms with Crippen LogP contribution in [0.2, 0.25) is 0 Å². The summed E-state index contributed by atoms with van der Waals surface area (Å²) in [7, 11) is 1.46. The predicted octanol–water partition coefficient (Wildman–Crippen LogP) is 2.23. The molecule has 16 heavy (non-hydrogen) atoms. The van der Waals surface area contributed by atoms with E-state index in [4.69, 9.17) is 9.84 Å². The molecule has 0 aromatic rings. The molecule has 1 saturated carbocycles. The summed E-state index contributed by atoms with van der Waals surface area (Å²) in [5.41, 5.74) is 0.259. The number of rotatable bonds is 9. The highest BCUT2D eigenvalue weighted by atomic mass is 32.2. The first-order chi connectivity index (χ1) is 7.72. The maximum atomic E-state index is 11.2. The molecule has 0 unspecified atom stereocenters. The SMILES string of the molecule is COC(=O)CC1(CSCCCCCO)CC1. The van der Waals surface area contributed by atoms with Gasteiger partial charge in [0.1, 0.15) is 0 Å². The molecule has 0 radical (unpaired) electrons. The lowest BCUT2D eigenvalue weighted by Gasteiger charge is -2.12. The Bertz CT molecular complexity index is 214. The van der Waals surface area contributed by atoms with Crippen molar-refractivity contribution in [2.45, 2.75) is 38.5 Å². The van der Waals surface area contributed by atoms with Crippen molar-refractivity contribution in [1.82, 2.24) is 0 Å². The molecule has 0 aromatic carbocycles. The molecule has 1 rings (SSSR count). The maximum Gasteiger partial charge on any atom is 0.306 e. The molecule has 0 bridgehead atoms. The van der Waals surface area contributed by atoms with Gasteiger partial charge in [0.25, 0.3) is 0 Å². The zero-order valence-electron chi connectivity index (χ0n) is 10.0. The van der Waals surface area contributed by atoms with E-state index >= 15 is 0 Å². The number of carbonyl (C=O) groups excluding carboxylic acids is 1. The van der Waals surface area contributed by atoms with Gasteiger partial charge in [-0.05, 0) is 42.6 Å². The standard InChI is InChI=1S/C12H22O3S/c1-15-11(14)9-12(5-6-12)10-16-8-4-2-3-7-13/h13H,2-10H2,1H3. The smallest absolute Gasteiger partial charge is 0.306 e. The van der Waals surface area contributed by atoms with Crippen molar-refractivity contribution >= 4 is 17.7 Å². The average Bonchev–Trinajstić information content (AvgIpc) is 3.03. The van der Waals surface area contributed by atoms with Crippen molar-refractivity contribution in [3.8, 4) is 0 Å². The third-order valence-electron chi connectivity index (χ3n) is 3.06. The number of hydrogen-bond donors (Lipinski definition) is 1. The molecule has 0 amide bonds. The molecule has 0 spiro atoms. The van der Waals surface area contributed by atoms with Crippen molar-refractivity contribution in [2.75, 3.05) is 25.2 Å². The van der Waals surface area contributed by atoms with Crippen LogP contribution in [0.5, 0.6) is 0 Å². The first-order valence-corrected chi connectivity index (χ1v) is 7.13. The van der Waals surface area contributed by atoms with E-state index in [9.17, 15) is 4.79 Å². The minimum Gasteiger partial charge on any atom is -0.469 e. The lowest BCUT2D eigenvalue weighted by atomic mass is 10.1. The third-order valence-corrected chi connectivity index (χ3v) is 4.45. The van der Waals surface area contributed by atoms with E-state index in [0.29, 0.717) is 13.0 Å². The predicted molar refractivity (Wildman–Crippen MR) is 66.6 cm³/mol. The second kappa shape index (κ2) is 7.17. The van der Waals surface area contributed by atoms with E-state index < -0.39 is 0 Å². The third kappa shape index (κ3) is 5.21. The molecule has 0 aliphatic heterocycles. The Morgan fingerprint density at radius 1 is 1.38 bits per heavy atom. The van der Waals surface area contributed by atoms with Crippen molar-refractivity contribution in [3.05, 3.63) is 0 Å². The van der Waals surface area contributed by atoms with Gasteiger partial charge in [0.05, 0.1) is 13.5 Å². The van der Waals surface area contributed by atoms with Crippen molar-refractivity contribution in [3.63, 3.8) is 0 Å². The Morgan fingerprint density at radius 2 is 2.12 bits per heavy atom. The number of esters is 1. The molecule has 3 nitrogen and oxygen atoms in total. The topological polar surface area (TPSA) is 46.5 Å². The summed E-state index contributed by atoms with van der Waals surface area (Å²) in [6.45, 7) is 0.303. The van der Waals surface area contributed by atoms with Crippen LogP contribution >= 0.6 is 11.8 Å². The first-order valence-electron chi connectivity index (χ1n) is 5.98. The van der Waals surface area contributed by atoms with E-state index in [1.54, 1.807) is 0 Å². The van der Waals surface area contributed by atoms with Crippen LogP contribution < -0.4 is 0 Å². The van der Waals surface area contributed by atoms with E-state index in [-0.39, 0.29) is 11.4 Å². The van der Waals surface area contributed by atoms with Gasteiger partial charge in [0.2, 0.25) is 0 Å². The Kier molecular flexibility index (Phi) is 6.21. The normalized spacial score (nSPS) is 17.1. The number of carbonyl (C=O) groups is 1. The second-order valence-corrected chi connectivity index (χ2v) is 5.69. The van der Waals surface area contributed by atoms with Gasteiger partial charge >= 0.3 is 5.97 Å². The molecular weight excluding hydrogens is 224 g/mol. The summed E-state index contributed by atoms with van der Waals surface area (Å²) >= 11 is 1.94. The highest BCUT2D eigenvalue weighted by Gasteiger charge is 2.44. The summed E-state index contributed by atoms with van der Waals surface area (Å²) in [6.07, 6.45) is 6.12. The molecule has 0 atom stereocenters. The van der Waals surface area contributed by atoms with Crippen LogP contribution in [0.4, 0.5) is 0 Å². The van der Waals surface area contributed by atoms with Gasteiger partial charge in [0.15, 0.2) is 0 Å². The summed E-state index contributed by atoms with van der Waals surface area (Å²) in [6, 6.07) is 0. The van der Waals surface area contributed by atoms with Gasteiger partial charge in [0, 0.05) is 6.61 Å². The van der Waals surface area contributed by atoms with Gasteiger partial charge in [-0.1, -0.05) is 6.42 Å². The largest absolute Gasteiger partial charge is 0.469 e. The van der Waals surface area contributed by atoms with Crippen molar-refractivity contribution < 1.29 is 14.6 Å². The summed E-state index contributed by atoms with van der Waals surface area (Å²) < 4.78 is 4.71. The van der Waals surface area contributed by atoms with E-state index in [2.05, 4.69) is 0 Å². The quantitative estimate of drug-likeness (QED) is 0.500.